The van der Waals surface area contributed by atoms with Gasteiger partial charge in [0.1, 0.15) is 5.75 Å². The molecule has 1 saturated heterocycles. The Morgan fingerprint density at radius 1 is 1.36 bits per heavy atom. The monoisotopic (exact) mass is 552 g/mol. The number of methoxy groups -OCH3 is 1. The van der Waals surface area contributed by atoms with E-state index in [0.29, 0.717) is 35.7 Å². The van der Waals surface area contributed by atoms with E-state index >= 15 is 0 Å². The summed E-state index contributed by atoms with van der Waals surface area (Å²) >= 11 is 9.24. The van der Waals surface area contributed by atoms with Crippen LogP contribution in [0.3, 0.4) is 0 Å². The van der Waals surface area contributed by atoms with Crippen LogP contribution in [0.15, 0.2) is 40.7 Å². The highest BCUT2D eigenvalue weighted by atomic mass is 35.5. The van der Waals surface area contributed by atoms with Crippen LogP contribution in [-0.2, 0) is 4.79 Å². The van der Waals surface area contributed by atoms with Crippen molar-refractivity contribution in [2.75, 3.05) is 32.5 Å². The number of carbonyl (C=O) groups is 1. The first-order chi connectivity index (χ1) is 17.3. The van der Waals surface area contributed by atoms with Gasteiger partial charge in [-0.3, -0.25) is 9.78 Å². The number of carboxylic acids is 1. The number of aliphatic hydroxyl groups excluding tert-OH is 1. The molecule has 1 aromatic carbocycles. The molecule has 0 radical (unpaired) electrons. The van der Waals surface area contributed by atoms with Crippen LogP contribution in [0.4, 0.5) is 4.39 Å². The molecule has 0 aliphatic carbocycles. The van der Waals surface area contributed by atoms with Crippen LogP contribution in [0, 0.1) is 17.0 Å². The first-order valence-electron chi connectivity index (χ1n) is 12.0. The van der Waals surface area contributed by atoms with E-state index in [4.69, 9.17) is 16.3 Å². The zero-order valence-electron chi connectivity index (χ0n) is 20.0. The molecular formula is C26H30ClFN2O4S2. The van der Waals surface area contributed by atoms with E-state index in [1.54, 1.807) is 31.1 Å². The summed E-state index contributed by atoms with van der Waals surface area (Å²) in [6.45, 7) is 2.42. The second-order valence-electron chi connectivity index (χ2n) is 9.11. The van der Waals surface area contributed by atoms with Gasteiger partial charge < -0.3 is 19.8 Å². The molecule has 3 atom stereocenters. The number of nitrogens with zero attached hydrogens (tertiary/aromatic N) is 2. The number of aliphatic carboxylic acids is 1. The zero-order valence-corrected chi connectivity index (χ0v) is 22.4. The lowest BCUT2D eigenvalue weighted by Gasteiger charge is -2.38. The van der Waals surface area contributed by atoms with Gasteiger partial charge in [0.25, 0.3) is 0 Å². The Morgan fingerprint density at radius 3 is 2.92 bits per heavy atom. The number of hydrogen-bond acceptors (Lipinski definition) is 7. The van der Waals surface area contributed by atoms with Crippen LogP contribution in [0.5, 0.6) is 5.75 Å². The molecule has 0 bridgehead atoms. The zero-order chi connectivity index (χ0) is 25.7. The van der Waals surface area contributed by atoms with Crippen LogP contribution >= 0.6 is 34.7 Å². The summed E-state index contributed by atoms with van der Waals surface area (Å²) in [6.07, 6.45) is 2.94. The maximum atomic E-state index is 13.2. The summed E-state index contributed by atoms with van der Waals surface area (Å²) in [6, 6.07) is 8.77. The van der Waals surface area contributed by atoms with E-state index < -0.39 is 12.1 Å². The van der Waals surface area contributed by atoms with E-state index in [0.717, 1.165) is 51.7 Å². The molecule has 3 heterocycles. The van der Waals surface area contributed by atoms with Gasteiger partial charge in [-0.2, -0.15) is 4.39 Å². The second kappa shape index (κ2) is 12.6. The van der Waals surface area contributed by atoms with Crippen molar-refractivity contribution in [3.63, 3.8) is 0 Å². The fourth-order valence-corrected chi connectivity index (χ4v) is 7.18. The molecule has 3 aromatic rings. The number of rotatable bonds is 11. The minimum Gasteiger partial charge on any atom is -0.497 e. The minimum absolute atomic E-state index is 0.0115. The molecule has 6 nitrogen and oxygen atoms in total. The third-order valence-corrected chi connectivity index (χ3v) is 9.21. The van der Waals surface area contributed by atoms with Crippen molar-refractivity contribution < 1.29 is 24.1 Å². The lowest BCUT2D eigenvalue weighted by Crippen LogP contribution is -2.42. The Bertz CT molecular complexity index is 1190. The molecule has 1 aliphatic rings. The predicted molar refractivity (Wildman–Crippen MR) is 143 cm³/mol. The van der Waals surface area contributed by atoms with Crippen molar-refractivity contribution in [2.45, 2.75) is 36.0 Å². The molecule has 2 N–H and O–H groups in total. The lowest BCUT2D eigenvalue weighted by molar-refractivity contribution is -0.139. The van der Waals surface area contributed by atoms with Gasteiger partial charge in [0.15, 0.2) is 5.13 Å². The number of fused-ring (bicyclic) bond motifs is 1. The molecule has 194 valence electrons. The first kappa shape index (κ1) is 27.1. The number of hydrogen-bond donors (Lipinski definition) is 2. The molecule has 10 heteroatoms. The number of likely N-dealkylation sites (tertiary alicyclic amines) is 1. The summed E-state index contributed by atoms with van der Waals surface area (Å²) in [5, 5.41) is 21.6. The van der Waals surface area contributed by atoms with E-state index in [2.05, 4.69) is 9.88 Å². The topological polar surface area (TPSA) is 82.9 Å². The number of ether oxygens (including phenoxy) is 1. The van der Waals surface area contributed by atoms with Crippen molar-refractivity contribution in [3.05, 3.63) is 52.2 Å². The number of aliphatic hydroxyl groups is 1. The van der Waals surface area contributed by atoms with Gasteiger partial charge in [-0.1, -0.05) is 22.9 Å². The van der Waals surface area contributed by atoms with E-state index in [-0.39, 0.29) is 23.4 Å². The van der Waals surface area contributed by atoms with Crippen molar-refractivity contribution in [1.82, 2.24) is 9.88 Å². The van der Waals surface area contributed by atoms with Gasteiger partial charge in [0, 0.05) is 42.4 Å². The average molecular weight is 553 g/mol. The highest BCUT2D eigenvalue weighted by molar-refractivity contribution is 8.01. The number of halogens is 2. The van der Waals surface area contributed by atoms with Crippen LogP contribution in [0.1, 0.15) is 37.4 Å². The second-order valence-corrected chi connectivity index (χ2v) is 11.9. The number of piperidine rings is 1. The first-order valence-corrected chi connectivity index (χ1v) is 14.1. The fourth-order valence-electron chi connectivity index (χ4n) is 5.00. The SMILES string of the molecule is COc1ccc2ncc(Cl)c([C@@H](O)CC[C@@H]3CCN(CCSc4ccc(F)s4)C[C@H]3CC(=O)O)c2c1. The fraction of sp³-hybridized carbons (Fsp3) is 0.462. The number of benzene rings is 1. The van der Waals surface area contributed by atoms with Crippen LogP contribution in [0.25, 0.3) is 10.9 Å². The Balaban J connectivity index is 1.38. The molecule has 0 saturated carbocycles. The summed E-state index contributed by atoms with van der Waals surface area (Å²) in [5.41, 5.74) is 1.37. The van der Waals surface area contributed by atoms with Gasteiger partial charge in [0.2, 0.25) is 0 Å². The summed E-state index contributed by atoms with van der Waals surface area (Å²) in [7, 11) is 1.59. The third-order valence-electron chi connectivity index (χ3n) is 6.82. The van der Waals surface area contributed by atoms with Crippen molar-refractivity contribution >= 4 is 51.6 Å². The van der Waals surface area contributed by atoms with Gasteiger partial charge >= 0.3 is 5.97 Å². The van der Waals surface area contributed by atoms with E-state index in [9.17, 15) is 19.4 Å². The van der Waals surface area contributed by atoms with Crippen molar-refractivity contribution in [1.29, 1.82) is 0 Å². The van der Waals surface area contributed by atoms with E-state index in [1.807, 2.05) is 18.2 Å². The van der Waals surface area contributed by atoms with Crippen molar-refractivity contribution in [2.24, 2.45) is 11.8 Å². The largest absolute Gasteiger partial charge is 0.497 e. The maximum absolute atomic E-state index is 13.2. The third kappa shape index (κ3) is 6.89. The van der Waals surface area contributed by atoms with Gasteiger partial charge in [0.05, 0.1) is 28.0 Å². The van der Waals surface area contributed by atoms with Crippen LogP contribution in [-0.4, -0.2) is 58.6 Å². The standard InChI is InChI=1S/C26H30ClFN2O4S2/c1-34-18-3-4-21-19(13-18)26(20(27)14-29-21)22(31)5-2-16-8-9-30(15-17(16)12-24(32)33)10-11-35-25-7-6-23(28)36-25/h3-4,6-7,13-14,16-17,22,31H,2,5,8-12,15H2,1H3,(H,32,33)/t16-,17-,22+/m1/s1. The van der Waals surface area contributed by atoms with Crippen molar-refractivity contribution in [3.8, 4) is 5.75 Å². The van der Waals surface area contributed by atoms with Crippen LogP contribution in [0.2, 0.25) is 5.02 Å². The summed E-state index contributed by atoms with van der Waals surface area (Å²) in [4.78, 5) is 18.3. The van der Waals surface area contributed by atoms with Gasteiger partial charge in [-0.25, -0.2) is 0 Å². The van der Waals surface area contributed by atoms with Crippen LogP contribution < -0.4 is 4.74 Å². The molecule has 1 aliphatic heterocycles. The molecule has 36 heavy (non-hydrogen) atoms. The Hall–Kier alpha value is -1.91. The summed E-state index contributed by atoms with van der Waals surface area (Å²) in [5.74, 6) is 0.910. The number of thiophene rings is 1. The molecular weight excluding hydrogens is 523 g/mol. The summed E-state index contributed by atoms with van der Waals surface area (Å²) < 4.78 is 19.5. The molecule has 2 aromatic heterocycles. The molecule has 0 spiro atoms. The maximum Gasteiger partial charge on any atom is 0.303 e. The lowest BCUT2D eigenvalue weighted by atomic mass is 9.79. The quantitative estimate of drug-likeness (QED) is 0.277. The highest BCUT2D eigenvalue weighted by Gasteiger charge is 2.31. The number of thioether (sulfide) groups is 1. The molecule has 1 fully saturated rings. The average Bonchev–Trinajstić information content (AvgIpc) is 3.27. The Labute approximate surface area is 223 Å². The number of aromatic nitrogens is 1. The predicted octanol–water partition coefficient (Wildman–Crippen LogP) is 6.12. The number of carboxylic acid groups (broad SMARTS) is 1. The van der Waals surface area contributed by atoms with Gasteiger partial charge in [-0.05, 0) is 68.0 Å². The number of pyridine rings is 1. The molecule has 4 rings (SSSR count). The smallest absolute Gasteiger partial charge is 0.303 e. The Kier molecular flexibility index (Phi) is 9.47. The Morgan fingerprint density at radius 2 is 2.19 bits per heavy atom. The van der Waals surface area contributed by atoms with Gasteiger partial charge in [-0.15, -0.1) is 11.8 Å². The minimum atomic E-state index is -0.800. The van der Waals surface area contributed by atoms with E-state index in [1.165, 1.54) is 6.07 Å². The normalized spacial score (nSPS) is 19.4. The molecule has 0 amide bonds. The molecule has 0 unspecified atom stereocenters. The highest BCUT2D eigenvalue weighted by Crippen LogP contribution is 2.37.